The van der Waals surface area contributed by atoms with E-state index in [4.69, 9.17) is 17.3 Å². The van der Waals surface area contributed by atoms with Gasteiger partial charge in [0.15, 0.2) is 16.7 Å². The summed E-state index contributed by atoms with van der Waals surface area (Å²) >= 11 is 6.24. The Balaban J connectivity index is 1.43. The van der Waals surface area contributed by atoms with E-state index in [0.717, 1.165) is 24.3 Å². The first-order valence-electron chi connectivity index (χ1n) is 11.8. The summed E-state index contributed by atoms with van der Waals surface area (Å²) in [7, 11) is 2.21. The molecular formula is C24H34ClN7O. The highest BCUT2D eigenvalue weighted by molar-refractivity contribution is 6.30. The van der Waals surface area contributed by atoms with Gasteiger partial charge in [0.1, 0.15) is 0 Å². The van der Waals surface area contributed by atoms with Crippen molar-refractivity contribution in [1.82, 2.24) is 19.8 Å². The maximum absolute atomic E-state index is 11.9. The Labute approximate surface area is 201 Å². The Hall–Kier alpha value is -2.42. The number of piperazine rings is 1. The zero-order chi connectivity index (χ0) is 23.5. The molecule has 2 aliphatic rings. The van der Waals surface area contributed by atoms with E-state index in [1.165, 1.54) is 44.7 Å². The van der Waals surface area contributed by atoms with E-state index in [9.17, 15) is 4.79 Å². The summed E-state index contributed by atoms with van der Waals surface area (Å²) in [4.78, 5) is 28.1. The van der Waals surface area contributed by atoms with Gasteiger partial charge in [-0.2, -0.15) is 0 Å². The summed E-state index contributed by atoms with van der Waals surface area (Å²) in [6.45, 7) is 10.8. The molecular weight excluding hydrogens is 438 g/mol. The largest absolute Gasteiger partial charge is 0.371 e. The number of hydrogen-bond donors (Lipinski definition) is 2. The number of carbonyl (C=O) groups excluding carboxylic acids is 1. The molecule has 8 nitrogen and oxygen atoms in total. The van der Waals surface area contributed by atoms with Crippen LogP contribution in [0.2, 0.25) is 5.15 Å². The summed E-state index contributed by atoms with van der Waals surface area (Å²) in [5.74, 6) is -0.345. The lowest BCUT2D eigenvalue weighted by Crippen LogP contribution is -2.52. The van der Waals surface area contributed by atoms with Crippen molar-refractivity contribution in [2.75, 3.05) is 56.5 Å². The zero-order valence-electron chi connectivity index (χ0n) is 19.8. The number of anilines is 3. The lowest BCUT2D eigenvalue weighted by molar-refractivity contribution is 0.0982. The second-order valence-electron chi connectivity index (χ2n) is 9.06. The number of aromatic nitrogens is 2. The van der Waals surface area contributed by atoms with Crippen LogP contribution < -0.4 is 16.0 Å². The van der Waals surface area contributed by atoms with Gasteiger partial charge in [-0.1, -0.05) is 18.5 Å². The molecule has 3 heterocycles. The van der Waals surface area contributed by atoms with Gasteiger partial charge in [0.2, 0.25) is 0 Å². The molecule has 0 atom stereocenters. The summed E-state index contributed by atoms with van der Waals surface area (Å²) in [6.07, 6.45) is 2.97. The molecule has 2 saturated heterocycles. The Bertz CT molecular complexity index is 999. The third-order valence-electron chi connectivity index (χ3n) is 6.83. The van der Waals surface area contributed by atoms with E-state index in [0.29, 0.717) is 18.2 Å². The smallest absolute Gasteiger partial charge is 0.271 e. The molecule has 33 heavy (non-hydrogen) atoms. The van der Waals surface area contributed by atoms with Crippen molar-refractivity contribution in [3.63, 3.8) is 0 Å². The normalized spacial score (nSPS) is 18.5. The first kappa shape index (κ1) is 23.7. The number of amides is 1. The fourth-order valence-electron chi connectivity index (χ4n) is 4.72. The van der Waals surface area contributed by atoms with Crippen LogP contribution in [-0.2, 0) is 6.42 Å². The Morgan fingerprint density at radius 3 is 2.45 bits per heavy atom. The van der Waals surface area contributed by atoms with Gasteiger partial charge in [-0.3, -0.25) is 9.69 Å². The highest BCUT2D eigenvalue weighted by Crippen LogP contribution is 2.29. The molecule has 4 rings (SSSR count). The van der Waals surface area contributed by atoms with Gasteiger partial charge >= 0.3 is 0 Å². The molecule has 2 fully saturated rings. The van der Waals surface area contributed by atoms with Gasteiger partial charge in [-0.15, -0.1) is 0 Å². The van der Waals surface area contributed by atoms with E-state index in [1.807, 2.05) is 19.9 Å². The average Bonchev–Trinajstić information content (AvgIpc) is 2.81. The van der Waals surface area contributed by atoms with Gasteiger partial charge < -0.3 is 20.9 Å². The summed E-state index contributed by atoms with van der Waals surface area (Å²) in [5.41, 5.74) is 9.32. The van der Waals surface area contributed by atoms with Crippen molar-refractivity contribution < 1.29 is 4.79 Å². The first-order chi connectivity index (χ1) is 15.9. The van der Waals surface area contributed by atoms with Gasteiger partial charge in [0, 0.05) is 56.7 Å². The maximum atomic E-state index is 11.9. The molecule has 2 aliphatic heterocycles. The number of hydrogen-bond acceptors (Lipinski definition) is 7. The molecule has 2 aromatic rings. The minimum atomic E-state index is -0.631. The van der Waals surface area contributed by atoms with E-state index in [-0.39, 0.29) is 16.7 Å². The third-order valence-corrected chi connectivity index (χ3v) is 7.14. The van der Waals surface area contributed by atoms with E-state index in [2.05, 4.69) is 49.2 Å². The molecule has 3 N–H and O–H groups in total. The minimum absolute atomic E-state index is 0.103. The second kappa shape index (κ2) is 10.2. The molecule has 0 spiro atoms. The highest BCUT2D eigenvalue weighted by Gasteiger charge is 2.27. The van der Waals surface area contributed by atoms with Gasteiger partial charge in [0.25, 0.3) is 5.91 Å². The van der Waals surface area contributed by atoms with Crippen LogP contribution in [-0.4, -0.2) is 78.0 Å². The second-order valence-corrected chi connectivity index (χ2v) is 9.42. The van der Waals surface area contributed by atoms with Crippen molar-refractivity contribution in [2.24, 2.45) is 5.73 Å². The molecule has 1 amide bonds. The van der Waals surface area contributed by atoms with Crippen LogP contribution >= 0.6 is 11.6 Å². The van der Waals surface area contributed by atoms with Crippen LogP contribution in [0.25, 0.3) is 0 Å². The minimum Gasteiger partial charge on any atom is -0.371 e. The molecule has 0 aliphatic carbocycles. The molecule has 0 bridgehead atoms. The average molecular weight is 472 g/mol. The summed E-state index contributed by atoms with van der Waals surface area (Å²) in [5, 5.41) is 3.49. The van der Waals surface area contributed by atoms with Crippen LogP contribution in [0.15, 0.2) is 18.2 Å². The lowest BCUT2D eigenvalue weighted by atomic mass is 10.0. The molecule has 0 unspecified atom stereocenters. The van der Waals surface area contributed by atoms with Crippen molar-refractivity contribution in [2.45, 2.75) is 39.2 Å². The van der Waals surface area contributed by atoms with Crippen molar-refractivity contribution in [3.8, 4) is 0 Å². The van der Waals surface area contributed by atoms with E-state index < -0.39 is 5.91 Å². The molecule has 178 valence electrons. The highest BCUT2D eigenvalue weighted by atomic mass is 35.5. The topological polar surface area (TPSA) is 90.6 Å². The molecule has 0 radical (unpaired) electrons. The number of piperidine rings is 1. The number of halogens is 1. The number of likely N-dealkylation sites (N-methyl/N-ethyl adjacent to an activating group) is 1. The predicted octanol–water partition coefficient (Wildman–Crippen LogP) is 3.06. The SMILES string of the molecule is CCc1nc(C(N)=O)c(Nc2ccc(N3CCC(N4CCN(C)CC4)CC3)cc2C)nc1Cl. The first-order valence-corrected chi connectivity index (χ1v) is 12.1. The third kappa shape index (κ3) is 5.39. The molecule has 1 aromatic heterocycles. The number of rotatable bonds is 6. The zero-order valence-corrected chi connectivity index (χ0v) is 20.5. The summed E-state index contributed by atoms with van der Waals surface area (Å²) in [6, 6.07) is 7.01. The van der Waals surface area contributed by atoms with Crippen LogP contribution in [0, 0.1) is 6.92 Å². The number of nitrogens with one attached hydrogen (secondary N) is 1. The van der Waals surface area contributed by atoms with Crippen LogP contribution in [0.4, 0.5) is 17.2 Å². The fraction of sp³-hybridized carbons (Fsp3) is 0.542. The molecule has 9 heteroatoms. The fourth-order valence-corrected chi connectivity index (χ4v) is 4.98. The monoisotopic (exact) mass is 471 g/mol. The number of benzene rings is 1. The van der Waals surface area contributed by atoms with E-state index in [1.54, 1.807) is 0 Å². The summed E-state index contributed by atoms with van der Waals surface area (Å²) < 4.78 is 0. The standard InChI is InChI=1S/C24H34ClN7O/c1-4-19-22(25)29-24(21(27-19)23(26)33)28-20-6-5-18(15-16(20)2)31-9-7-17(8-10-31)32-13-11-30(3)12-14-32/h5-6,15,17H,4,7-14H2,1-3H3,(H2,26,33)(H,28,29). The van der Waals surface area contributed by atoms with Crippen molar-refractivity contribution in [3.05, 3.63) is 40.3 Å². The maximum Gasteiger partial charge on any atom is 0.271 e. The van der Waals surface area contributed by atoms with Gasteiger partial charge in [-0.05, 0) is 57.0 Å². The Morgan fingerprint density at radius 1 is 1.15 bits per heavy atom. The van der Waals surface area contributed by atoms with Crippen molar-refractivity contribution >= 4 is 34.7 Å². The number of carbonyl (C=O) groups is 1. The van der Waals surface area contributed by atoms with Crippen LogP contribution in [0.1, 0.15) is 41.5 Å². The quantitative estimate of drug-likeness (QED) is 0.669. The number of primary amides is 1. The van der Waals surface area contributed by atoms with Gasteiger partial charge in [-0.25, -0.2) is 9.97 Å². The number of nitrogens with two attached hydrogens (primary N) is 1. The molecule has 0 saturated carbocycles. The Morgan fingerprint density at radius 2 is 1.85 bits per heavy atom. The molecule has 1 aromatic carbocycles. The predicted molar refractivity (Wildman–Crippen MR) is 134 cm³/mol. The lowest BCUT2D eigenvalue weighted by Gasteiger charge is -2.42. The van der Waals surface area contributed by atoms with Gasteiger partial charge in [0.05, 0.1) is 5.69 Å². The van der Waals surface area contributed by atoms with Crippen molar-refractivity contribution in [1.29, 1.82) is 0 Å². The van der Waals surface area contributed by atoms with Crippen LogP contribution in [0.5, 0.6) is 0 Å². The number of aryl methyl sites for hydroxylation is 2. The number of nitrogens with zero attached hydrogens (tertiary/aromatic N) is 5. The van der Waals surface area contributed by atoms with Crippen LogP contribution in [0.3, 0.4) is 0 Å². The van der Waals surface area contributed by atoms with E-state index >= 15 is 0 Å². The Kier molecular flexibility index (Phi) is 7.36.